The number of hydrogen-bond acceptors (Lipinski definition) is 2. The third kappa shape index (κ3) is 1.73. The molecule has 11 heavy (non-hydrogen) atoms. The largest absolute Gasteiger partial charge is 0.227 e. The zero-order chi connectivity index (χ0) is 8.54. The molecule has 1 aliphatic carbocycles. The Bertz CT molecular complexity index is 302. The number of halogens is 1. The van der Waals surface area contributed by atoms with Gasteiger partial charge in [-0.05, 0) is 6.42 Å². The van der Waals surface area contributed by atoms with E-state index in [4.69, 9.17) is 0 Å². The molecule has 1 aliphatic rings. The van der Waals surface area contributed by atoms with E-state index in [1.165, 1.54) is 6.26 Å². The van der Waals surface area contributed by atoms with Crippen LogP contribution in [0.3, 0.4) is 0 Å². The smallest absolute Gasteiger partial charge is 0.167 e. The van der Waals surface area contributed by atoms with Gasteiger partial charge in [0.2, 0.25) is 0 Å². The van der Waals surface area contributed by atoms with Crippen LogP contribution >= 0.6 is 15.9 Å². The highest BCUT2D eigenvalue weighted by Gasteiger charge is 2.34. The van der Waals surface area contributed by atoms with E-state index in [0.29, 0.717) is 6.42 Å². The predicted molar refractivity (Wildman–Crippen MR) is 49.4 cm³/mol. The first-order valence-corrected chi connectivity index (χ1v) is 5.87. The standard InChI is InChI=1S/C7H9BrO2S/c1-11(9,10)7(8)5-3-2-4-6-7/h2-5H,6H2,1H3. The lowest BCUT2D eigenvalue weighted by Gasteiger charge is -2.21. The molecule has 0 aromatic carbocycles. The Morgan fingerprint density at radius 1 is 1.45 bits per heavy atom. The van der Waals surface area contributed by atoms with Gasteiger partial charge in [-0.15, -0.1) is 0 Å². The van der Waals surface area contributed by atoms with Gasteiger partial charge in [-0.3, -0.25) is 0 Å². The average molecular weight is 237 g/mol. The first kappa shape index (κ1) is 9.00. The van der Waals surface area contributed by atoms with Gasteiger partial charge in [-0.1, -0.05) is 40.2 Å². The molecule has 1 unspecified atom stereocenters. The van der Waals surface area contributed by atoms with Gasteiger partial charge in [0.15, 0.2) is 9.84 Å². The summed E-state index contributed by atoms with van der Waals surface area (Å²) in [6.45, 7) is 0. The van der Waals surface area contributed by atoms with E-state index in [1.807, 2.05) is 12.2 Å². The molecule has 1 rings (SSSR count). The van der Waals surface area contributed by atoms with Crippen LogP contribution in [0, 0.1) is 0 Å². The minimum Gasteiger partial charge on any atom is -0.227 e. The first-order chi connectivity index (χ1) is 4.96. The lowest BCUT2D eigenvalue weighted by molar-refractivity contribution is 0.590. The summed E-state index contributed by atoms with van der Waals surface area (Å²) in [4.78, 5) is 0. The van der Waals surface area contributed by atoms with E-state index in [-0.39, 0.29) is 0 Å². The molecule has 0 amide bonds. The predicted octanol–water partition coefficient (Wildman–Crippen LogP) is 1.64. The Hall–Kier alpha value is -0.0900. The van der Waals surface area contributed by atoms with Crippen molar-refractivity contribution in [3.63, 3.8) is 0 Å². The summed E-state index contributed by atoms with van der Waals surface area (Å²) in [5, 5.41) is 0. The molecule has 0 aliphatic heterocycles. The Kier molecular flexibility index (Phi) is 2.25. The summed E-state index contributed by atoms with van der Waals surface area (Å²) < 4.78 is 21.5. The van der Waals surface area contributed by atoms with Crippen LogP contribution in [0.5, 0.6) is 0 Å². The van der Waals surface area contributed by atoms with Gasteiger partial charge in [0.05, 0.1) is 0 Å². The molecule has 0 fully saturated rings. The minimum absolute atomic E-state index is 0.502. The second-order valence-corrected chi connectivity index (χ2v) is 6.76. The molecule has 0 aromatic rings. The molecule has 0 radical (unpaired) electrons. The highest BCUT2D eigenvalue weighted by atomic mass is 79.9. The SMILES string of the molecule is CS(=O)(=O)C1(Br)C=CC=CC1. The van der Waals surface area contributed by atoms with Crippen molar-refractivity contribution in [2.24, 2.45) is 0 Å². The number of rotatable bonds is 1. The Morgan fingerprint density at radius 3 is 2.36 bits per heavy atom. The van der Waals surface area contributed by atoms with Crippen molar-refractivity contribution in [2.75, 3.05) is 6.26 Å². The van der Waals surface area contributed by atoms with Gasteiger partial charge in [-0.25, -0.2) is 8.42 Å². The molecule has 0 saturated carbocycles. The summed E-state index contributed by atoms with van der Waals surface area (Å²) >= 11 is 3.19. The van der Waals surface area contributed by atoms with Crippen LogP contribution in [0.2, 0.25) is 0 Å². The molecule has 1 atom stereocenters. The van der Waals surface area contributed by atoms with Crippen LogP contribution in [0.4, 0.5) is 0 Å². The van der Waals surface area contributed by atoms with Crippen molar-refractivity contribution in [1.82, 2.24) is 0 Å². The fourth-order valence-electron chi connectivity index (χ4n) is 0.850. The van der Waals surface area contributed by atoms with Crippen LogP contribution < -0.4 is 0 Å². The van der Waals surface area contributed by atoms with Crippen molar-refractivity contribution >= 4 is 25.8 Å². The summed E-state index contributed by atoms with van der Waals surface area (Å²) in [7, 11) is -3.05. The summed E-state index contributed by atoms with van der Waals surface area (Å²) in [5.41, 5.74) is 0. The third-order valence-electron chi connectivity index (χ3n) is 1.60. The molecule has 0 bridgehead atoms. The van der Waals surface area contributed by atoms with E-state index in [1.54, 1.807) is 12.2 Å². The third-order valence-corrected chi connectivity index (χ3v) is 5.49. The lowest BCUT2D eigenvalue weighted by atomic mass is 10.2. The Labute approximate surface area is 75.0 Å². The molecule has 62 valence electrons. The Morgan fingerprint density at radius 2 is 2.09 bits per heavy atom. The Balaban J connectivity index is 3.04. The van der Waals surface area contributed by atoms with Crippen LogP contribution in [0.25, 0.3) is 0 Å². The topological polar surface area (TPSA) is 34.1 Å². The molecular weight excluding hydrogens is 228 g/mol. The zero-order valence-electron chi connectivity index (χ0n) is 6.12. The monoisotopic (exact) mass is 236 g/mol. The molecule has 2 nitrogen and oxygen atoms in total. The molecular formula is C7H9BrO2S. The normalized spacial score (nSPS) is 30.7. The number of allylic oxidation sites excluding steroid dienone is 3. The molecule has 0 N–H and O–H groups in total. The van der Waals surface area contributed by atoms with E-state index in [2.05, 4.69) is 15.9 Å². The van der Waals surface area contributed by atoms with Gasteiger partial charge in [0.25, 0.3) is 0 Å². The van der Waals surface area contributed by atoms with Gasteiger partial charge >= 0.3 is 0 Å². The molecule has 0 aromatic heterocycles. The van der Waals surface area contributed by atoms with Crippen LogP contribution in [-0.4, -0.2) is 18.3 Å². The maximum atomic E-state index is 11.2. The molecule has 0 saturated heterocycles. The van der Waals surface area contributed by atoms with Crippen LogP contribution in [0.1, 0.15) is 6.42 Å². The van der Waals surface area contributed by atoms with Crippen LogP contribution in [0.15, 0.2) is 24.3 Å². The first-order valence-electron chi connectivity index (χ1n) is 3.19. The van der Waals surface area contributed by atoms with Gasteiger partial charge < -0.3 is 0 Å². The fraction of sp³-hybridized carbons (Fsp3) is 0.429. The van der Waals surface area contributed by atoms with E-state index >= 15 is 0 Å². The molecule has 0 spiro atoms. The van der Waals surface area contributed by atoms with Crippen molar-refractivity contribution in [3.05, 3.63) is 24.3 Å². The van der Waals surface area contributed by atoms with Crippen molar-refractivity contribution in [1.29, 1.82) is 0 Å². The van der Waals surface area contributed by atoms with Gasteiger partial charge in [-0.2, -0.15) is 0 Å². The van der Waals surface area contributed by atoms with Crippen molar-refractivity contribution in [2.45, 2.75) is 10.1 Å². The maximum absolute atomic E-state index is 11.2. The molecule has 0 heterocycles. The van der Waals surface area contributed by atoms with Gasteiger partial charge in [0, 0.05) is 6.26 Å². The second-order valence-electron chi connectivity index (χ2n) is 2.55. The van der Waals surface area contributed by atoms with E-state index < -0.39 is 13.5 Å². The summed E-state index contributed by atoms with van der Waals surface area (Å²) in [6, 6.07) is 0. The van der Waals surface area contributed by atoms with Gasteiger partial charge in [0.1, 0.15) is 3.66 Å². The highest BCUT2D eigenvalue weighted by molar-refractivity contribution is 9.11. The maximum Gasteiger partial charge on any atom is 0.167 e. The molecule has 4 heteroatoms. The minimum atomic E-state index is -3.05. The zero-order valence-corrected chi connectivity index (χ0v) is 8.52. The number of sulfone groups is 1. The quantitative estimate of drug-likeness (QED) is 0.649. The van der Waals surface area contributed by atoms with Crippen molar-refractivity contribution < 1.29 is 8.42 Å². The summed E-state index contributed by atoms with van der Waals surface area (Å²) in [6.07, 6.45) is 8.79. The number of hydrogen-bond donors (Lipinski definition) is 0. The lowest BCUT2D eigenvalue weighted by Crippen LogP contribution is -2.28. The van der Waals surface area contributed by atoms with E-state index in [0.717, 1.165) is 0 Å². The fourth-order valence-corrected chi connectivity index (χ4v) is 1.91. The number of alkyl halides is 1. The van der Waals surface area contributed by atoms with E-state index in [9.17, 15) is 8.42 Å². The highest BCUT2D eigenvalue weighted by Crippen LogP contribution is 2.32. The second kappa shape index (κ2) is 2.75. The van der Waals surface area contributed by atoms with Crippen molar-refractivity contribution in [3.8, 4) is 0 Å². The average Bonchev–Trinajstić information content (AvgIpc) is 1.87. The van der Waals surface area contributed by atoms with Crippen LogP contribution in [-0.2, 0) is 9.84 Å². The summed E-state index contributed by atoms with van der Waals surface area (Å²) in [5.74, 6) is 0.